The van der Waals surface area contributed by atoms with Gasteiger partial charge in [-0.15, -0.1) is 0 Å². The normalized spacial score (nSPS) is 27.9. The molecule has 2 unspecified atom stereocenters. The van der Waals surface area contributed by atoms with Gasteiger partial charge in [0.25, 0.3) is 0 Å². The third kappa shape index (κ3) is 3.28. The molecule has 2 amide bonds. The first-order chi connectivity index (χ1) is 9.04. The first-order valence-electron chi connectivity index (χ1n) is 7.65. The van der Waals surface area contributed by atoms with E-state index >= 15 is 0 Å². The molecule has 0 aromatic rings. The zero-order valence-corrected chi connectivity index (χ0v) is 12.3. The van der Waals surface area contributed by atoms with E-state index in [2.05, 4.69) is 26.1 Å². The van der Waals surface area contributed by atoms with E-state index in [1.807, 2.05) is 4.90 Å². The zero-order chi connectivity index (χ0) is 14.0. The van der Waals surface area contributed by atoms with Gasteiger partial charge in [0.2, 0.25) is 11.8 Å². The van der Waals surface area contributed by atoms with Crippen molar-refractivity contribution >= 4 is 11.8 Å². The maximum absolute atomic E-state index is 12.6. The Morgan fingerprint density at radius 2 is 2.00 bits per heavy atom. The lowest BCUT2D eigenvalue weighted by atomic mass is 9.96. The Hall–Kier alpha value is -1.06. The third-order valence-corrected chi connectivity index (χ3v) is 4.07. The summed E-state index contributed by atoms with van der Waals surface area (Å²) in [7, 11) is 0. The summed E-state index contributed by atoms with van der Waals surface area (Å²) in [6.07, 6.45) is 4.94. The molecular weight excluding hydrogens is 240 g/mol. The van der Waals surface area contributed by atoms with Crippen molar-refractivity contribution in [3.63, 3.8) is 0 Å². The third-order valence-electron chi connectivity index (χ3n) is 4.07. The summed E-state index contributed by atoms with van der Waals surface area (Å²) >= 11 is 0. The largest absolute Gasteiger partial charge is 0.342 e. The Bertz CT molecular complexity index is 350. The minimum atomic E-state index is -0.256. The quantitative estimate of drug-likeness (QED) is 0.798. The summed E-state index contributed by atoms with van der Waals surface area (Å²) in [5, 5.41) is 2.96. The number of piperazine rings is 1. The van der Waals surface area contributed by atoms with Crippen molar-refractivity contribution in [2.75, 3.05) is 6.54 Å². The Balaban J connectivity index is 2.11. The molecule has 2 atom stereocenters. The minimum absolute atomic E-state index is 0.0568. The van der Waals surface area contributed by atoms with Crippen molar-refractivity contribution in [3.05, 3.63) is 0 Å². The van der Waals surface area contributed by atoms with Crippen LogP contribution in [-0.4, -0.2) is 35.3 Å². The number of hydrogen-bond donors (Lipinski definition) is 1. The Morgan fingerprint density at radius 1 is 1.32 bits per heavy atom. The molecule has 1 saturated heterocycles. The lowest BCUT2D eigenvalue weighted by molar-refractivity contribution is -0.150. The topological polar surface area (TPSA) is 49.4 Å². The summed E-state index contributed by atoms with van der Waals surface area (Å²) in [6, 6.07) is -0.498. The van der Waals surface area contributed by atoms with Gasteiger partial charge in [-0.2, -0.15) is 0 Å². The number of amides is 2. The standard InChI is InChI=1S/C15H26N2O2/c1-4-5-8-17-12(9-10(2)3)14(18)16-13(15(17)19)11-6-7-11/h10-13H,4-9H2,1-3H3,(H,16,18). The molecule has 108 valence electrons. The van der Waals surface area contributed by atoms with E-state index in [0.717, 1.165) is 38.6 Å². The molecule has 2 aliphatic rings. The molecule has 0 aromatic heterocycles. The van der Waals surface area contributed by atoms with Gasteiger partial charge in [0.1, 0.15) is 12.1 Å². The Labute approximate surface area is 115 Å². The first-order valence-corrected chi connectivity index (χ1v) is 7.65. The van der Waals surface area contributed by atoms with Crippen LogP contribution in [0.2, 0.25) is 0 Å². The van der Waals surface area contributed by atoms with Gasteiger partial charge in [0.05, 0.1) is 0 Å². The van der Waals surface area contributed by atoms with Crippen LogP contribution in [0.3, 0.4) is 0 Å². The highest BCUT2D eigenvalue weighted by molar-refractivity contribution is 5.97. The molecular formula is C15H26N2O2. The second kappa shape index (κ2) is 5.93. The fourth-order valence-corrected chi connectivity index (χ4v) is 2.81. The Morgan fingerprint density at radius 3 is 2.53 bits per heavy atom. The molecule has 1 heterocycles. The molecule has 4 heteroatoms. The monoisotopic (exact) mass is 266 g/mol. The van der Waals surface area contributed by atoms with Gasteiger partial charge >= 0.3 is 0 Å². The molecule has 2 fully saturated rings. The SMILES string of the molecule is CCCCN1C(=O)C(C2CC2)NC(=O)C1CC(C)C. The minimum Gasteiger partial charge on any atom is -0.342 e. The number of hydrogen-bond acceptors (Lipinski definition) is 2. The van der Waals surface area contributed by atoms with Gasteiger partial charge in [0.15, 0.2) is 0 Å². The second-order valence-electron chi connectivity index (χ2n) is 6.35. The molecule has 19 heavy (non-hydrogen) atoms. The summed E-state index contributed by atoms with van der Waals surface area (Å²) in [5.41, 5.74) is 0. The van der Waals surface area contributed by atoms with Crippen LogP contribution in [0, 0.1) is 11.8 Å². The van der Waals surface area contributed by atoms with Crippen molar-refractivity contribution in [3.8, 4) is 0 Å². The highest BCUT2D eigenvalue weighted by Gasteiger charge is 2.46. The number of nitrogens with one attached hydrogen (secondary N) is 1. The summed E-state index contributed by atoms with van der Waals surface area (Å²) < 4.78 is 0. The van der Waals surface area contributed by atoms with Crippen molar-refractivity contribution in [1.29, 1.82) is 0 Å². The van der Waals surface area contributed by atoms with E-state index in [9.17, 15) is 9.59 Å². The summed E-state index contributed by atoms with van der Waals surface area (Å²) in [5.74, 6) is 1.02. The van der Waals surface area contributed by atoms with Gasteiger partial charge in [-0.25, -0.2) is 0 Å². The zero-order valence-electron chi connectivity index (χ0n) is 12.3. The molecule has 2 rings (SSSR count). The highest BCUT2D eigenvalue weighted by atomic mass is 16.2. The van der Waals surface area contributed by atoms with Crippen molar-refractivity contribution in [1.82, 2.24) is 10.2 Å². The average Bonchev–Trinajstić information content (AvgIpc) is 3.16. The van der Waals surface area contributed by atoms with Gasteiger partial charge in [-0.3, -0.25) is 9.59 Å². The van der Waals surface area contributed by atoms with Crippen LogP contribution in [0.25, 0.3) is 0 Å². The number of carbonyl (C=O) groups excluding carboxylic acids is 2. The van der Waals surface area contributed by atoms with Crippen LogP contribution < -0.4 is 5.32 Å². The maximum Gasteiger partial charge on any atom is 0.246 e. The van der Waals surface area contributed by atoms with Crippen molar-refractivity contribution in [2.24, 2.45) is 11.8 Å². The van der Waals surface area contributed by atoms with Gasteiger partial charge in [-0.1, -0.05) is 27.2 Å². The van der Waals surface area contributed by atoms with E-state index in [1.54, 1.807) is 0 Å². The highest BCUT2D eigenvalue weighted by Crippen LogP contribution is 2.35. The Kier molecular flexibility index (Phi) is 4.48. The number of rotatable bonds is 6. The van der Waals surface area contributed by atoms with E-state index in [-0.39, 0.29) is 23.9 Å². The summed E-state index contributed by atoms with van der Waals surface area (Å²) in [4.78, 5) is 26.7. The number of unbranched alkanes of at least 4 members (excludes halogenated alkanes) is 1. The van der Waals surface area contributed by atoms with Crippen LogP contribution in [0.4, 0.5) is 0 Å². The molecule has 4 nitrogen and oxygen atoms in total. The molecule has 0 radical (unpaired) electrons. The molecule has 0 aromatic carbocycles. The van der Waals surface area contributed by atoms with Crippen molar-refractivity contribution in [2.45, 2.75) is 65.0 Å². The van der Waals surface area contributed by atoms with Crippen LogP contribution in [-0.2, 0) is 9.59 Å². The van der Waals surface area contributed by atoms with E-state index in [1.165, 1.54) is 0 Å². The lowest BCUT2D eigenvalue weighted by Crippen LogP contribution is -2.64. The molecule has 1 aliphatic carbocycles. The van der Waals surface area contributed by atoms with E-state index in [0.29, 0.717) is 11.8 Å². The fraction of sp³-hybridized carbons (Fsp3) is 0.867. The molecule has 0 bridgehead atoms. The van der Waals surface area contributed by atoms with Crippen LogP contribution >= 0.6 is 0 Å². The van der Waals surface area contributed by atoms with E-state index in [4.69, 9.17) is 0 Å². The molecule has 1 saturated carbocycles. The van der Waals surface area contributed by atoms with Crippen LogP contribution in [0.15, 0.2) is 0 Å². The van der Waals surface area contributed by atoms with Crippen LogP contribution in [0.1, 0.15) is 52.9 Å². The molecule has 1 N–H and O–H groups in total. The second-order valence-corrected chi connectivity index (χ2v) is 6.35. The van der Waals surface area contributed by atoms with Gasteiger partial charge < -0.3 is 10.2 Å². The number of nitrogens with zero attached hydrogens (tertiary/aromatic N) is 1. The first kappa shape index (κ1) is 14.4. The molecule has 1 aliphatic heterocycles. The maximum atomic E-state index is 12.6. The smallest absolute Gasteiger partial charge is 0.246 e. The van der Waals surface area contributed by atoms with Crippen LogP contribution in [0.5, 0.6) is 0 Å². The lowest BCUT2D eigenvalue weighted by Gasteiger charge is -2.40. The predicted molar refractivity (Wildman–Crippen MR) is 74.5 cm³/mol. The predicted octanol–water partition coefficient (Wildman–Crippen LogP) is 1.94. The van der Waals surface area contributed by atoms with Gasteiger partial charge in [-0.05, 0) is 37.5 Å². The number of carbonyl (C=O) groups is 2. The van der Waals surface area contributed by atoms with E-state index < -0.39 is 0 Å². The summed E-state index contributed by atoms with van der Waals surface area (Å²) in [6.45, 7) is 7.04. The average molecular weight is 266 g/mol. The molecule has 0 spiro atoms. The van der Waals surface area contributed by atoms with Crippen molar-refractivity contribution < 1.29 is 9.59 Å². The fourth-order valence-electron chi connectivity index (χ4n) is 2.81. The van der Waals surface area contributed by atoms with Gasteiger partial charge in [0, 0.05) is 6.54 Å².